The molecule has 1 aromatic carbocycles. The van der Waals surface area contributed by atoms with E-state index in [2.05, 4.69) is 4.74 Å². The van der Waals surface area contributed by atoms with Crippen LogP contribution < -0.4 is 4.74 Å². The molecule has 1 aromatic rings. The van der Waals surface area contributed by atoms with E-state index >= 15 is 0 Å². The topological polar surface area (TPSA) is 134 Å². The third-order valence-electron chi connectivity index (χ3n) is 2.63. The summed E-state index contributed by atoms with van der Waals surface area (Å²) < 4.78 is 9.50. The quantitative estimate of drug-likeness (QED) is 0.400. The Morgan fingerprint density at radius 2 is 2.00 bits per heavy atom. The number of benzene rings is 1. The molecule has 4 N–H and O–H groups in total. The number of carboxylic acid groups (broad SMARTS) is 1. The molecule has 120 valence electrons. The average Bonchev–Trinajstić information content (AvgIpc) is 2.50. The van der Waals surface area contributed by atoms with Crippen LogP contribution in [0.2, 0.25) is 0 Å². The molecule has 8 nitrogen and oxygen atoms in total. The summed E-state index contributed by atoms with van der Waals surface area (Å²) in [7, 11) is 1.38. The van der Waals surface area contributed by atoms with Crippen molar-refractivity contribution >= 4 is 18.0 Å². The van der Waals surface area contributed by atoms with Crippen LogP contribution in [-0.4, -0.2) is 58.3 Å². The first kappa shape index (κ1) is 17.5. The molecule has 2 atom stereocenters. The molecule has 0 heterocycles. The van der Waals surface area contributed by atoms with Gasteiger partial charge in [0.05, 0.1) is 7.11 Å². The van der Waals surface area contributed by atoms with Crippen molar-refractivity contribution in [1.82, 2.24) is 0 Å². The van der Waals surface area contributed by atoms with Gasteiger partial charge in [-0.2, -0.15) is 0 Å². The largest absolute Gasteiger partial charge is 0.504 e. The summed E-state index contributed by atoms with van der Waals surface area (Å²) in [6.07, 6.45) is -1.32. The zero-order chi connectivity index (χ0) is 16.7. The van der Waals surface area contributed by atoms with Crippen LogP contribution in [-0.2, 0) is 14.3 Å². The van der Waals surface area contributed by atoms with Crippen molar-refractivity contribution in [3.05, 3.63) is 29.8 Å². The van der Waals surface area contributed by atoms with Crippen LogP contribution in [0, 0.1) is 0 Å². The van der Waals surface area contributed by atoms with Gasteiger partial charge in [-0.1, -0.05) is 6.07 Å². The van der Waals surface area contributed by atoms with Crippen LogP contribution in [0.1, 0.15) is 5.56 Å². The van der Waals surface area contributed by atoms with Gasteiger partial charge in [0.2, 0.25) is 0 Å². The lowest BCUT2D eigenvalue weighted by Gasteiger charge is -2.13. The molecule has 0 spiro atoms. The van der Waals surface area contributed by atoms with Crippen molar-refractivity contribution in [2.45, 2.75) is 12.2 Å². The van der Waals surface area contributed by atoms with Crippen LogP contribution in [0.15, 0.2) is 24.3 Å². The second-order valence-electron chi connectivity index (χ2n) is 4.25. The number of ether oxygens (including phenoxy) is 2. The van der Waals surface area contributed by atoms with E-state index in [9.17, 15) is 19.8 Å². The predicted octanol–water partition coefficient (Wildman–Crippen LogP) is -0.236. The number of carbonyl (C=O) groups is 2. The predicted molar refractivity (Wildman–Crippen MR) is 74.3 cm³/mol. The van der Waals surface area contributed by atoms with E-state index in [1.54, 1.807) is 0 Å². The first-order valence-electron chi connectivity index (χ1n) is 6.16. The Kier molecular flexibility index (Phi) is 6.36. The third-order valence-corrected chi connectivity index (χ3v) is 2.63. The van der Waals surface area contributed by atoms with Crippen molar-refractivity contribution in [2.24, 2.45) is 0 Å². The summed E-state index contributed by atoms with van der Waals surface area (Å²) >= 11 is 0. The Bertz CT molecular complexity index is 566. The van der Waals surface area contributed by atoms with Crippen LogP contribution in [0.25, 0.3) is 6.08 Å². The van der Waals surface area contributed by atoms with E-state index in [-0.39, 0.29) is 11.5 Å². The standard InChI is InChI=1S/C14H16O8/c1-21-11-6-8(2-4-9(11)15)3-5-12(17)22-7-10(16)13(18)14(19)20/h2-6,10,13,15-16,18H,7H2,1H3,(H,19,20)/b5-3+/t10-,13+/m0/s1. The summed E-state index contributed by atoms with van der Waals surface area (Å²) in [6, 6.07) is 4.41. The van der Waals surface area contributed by atoms with Crippen LogP contribution in [0.3, 0.4) is 0 Å². The number of aromatic hydroxyl groups is 1. The molecule has 0 unspecified atom stereocenters. The number of esters is 1. The second-order valence-corrected chi connectivity index (χ2v) is 4.25. The maximum Gasteiger partial charge on any atom is 0.335 e. The van der Waals surface area contributed by atoms with E-state index in [0.717, 1.165) is 6.08 Å². The number of hydrogen-bond donors (Lipinski definition) is 4. The van der Waals surface area contributed by atoms with Crippen molar-refractivity contribution in [1.29, 1.82) is 0 Å². The number of hydrogen-bond acceptors (Lipinski definition) is 7. The molecule has 0 aliphatic rings. The normalized spacial score (nSPS) is 13.6. The minimum atomic E-state index is -2.03. The first-order chi connectivity index (χ1) is 10.3. The lowest BCUT2D eigenvalue weighted by molar-refractivity contribution is -0.159. The summed E-state index contributed by atoms with van der Waals surface area (Å²) in [6.45, 7) is -0.657. The Morgan fingerprint density at radius 1 is 1.32 bits per heavy atom. The number of aliphatic carboxylic acids is 1. The van der Waals surface area contributed by atoms with Gasteiger partial charge < -0.3 is 29.9 Å². The highest BCUT2D eigenvalue weighted by atomic mass is 16.5. The number of aliphatic hydroxyl groups is 2. The fourth-order valence-electron chi connectivity index (χ4n) is 1.43. The molecule has 0 amide bonds. The maximum atomic E-state index is 11.4. The van der Waals surface area contributed by atoms with Gasteiger partial charge in [-0.15, -0.1) is 0 Å². The van der Waals surface area contributed by atoms with Gasteiger partial charge in [0.15, 0.2) is 17.6 Å². The lowest BCUT2D eigenvalue weighted by atomic mass is 10.2. The van der Waals surface area contributed by atoms with Gasteiger partial charge in [-0.05, 0) is 23.8 Å². The number of carboxylic acids is 1. The molecule has 0 bridgehead atoms. The zero-order valence-electron chi connectivity index (χ0n) is 11.7. The molecule has 0 radical (unpaired) electrons. The zero-order valence-corrected chi connectivity index (χ0v) is 11.7. The highest BCUT2D eigenvalue weighted by molar-refractivity contribution is 5.87. The van der Waals surface area contributed by atoms with E-state index in [0.29, 0.717) is 5.56 Å². The number of aliphatic hydroxyl groups excluding tert-OH is 2. The molecule has 0 fully saturated rings. The van der Waals surface area contributed by atoms with Crippen molar-refractivity contribution in [2.75, 3.05) is 13.7 Å². The molecule has 8 heteroatoms. The van der Waals surface area contributed by atoms with E-state index < -0.39 is 30.8 Å². The van der Waals surface area contributed by atoms with Crippen LogP contribution in [0.4, 0.5) is 0 Å². The maximum absolute atomic E-state index is 11.4. The van der Waals surface area contributed by atoms with Crippen molar-refractivity contribution in [3.63, 3.8) is 0 Å². The number of phenolic OH excluding ortho intramolecular Hbond substituents is 1. The molecule has 0 saturated heterocycles. The first-order valence-corrected chi connectivity index (χ1v) is 6.16. The smallest absolute Gasteiger partial charge is 0.335 e. The van der Waals surface area contributed by atoms with Gasteiger partial charge in [-0.25, -0.2) is 9.59 Å². The van der Waals surface area contributed by atoms with E-state index in [1.165, 1.54) is 31.4 Å². The highest BCUT2D eigenvalue weighted by Crippen LogP contribution is 2.26. The molecule has 0 saturated carbocycles. The number of phenols is 1. The summed E-state index contributed by atoms with van der Waals surface area (Å²) in [5.41, 5.74) is 0.553. The Balaban J connectivity index is 2.56. The summed E-state index contributed by atoms with van der Waals surface area (Å²) in [5, 5.41) is 36.1. The Labute approximate surface area is 125 Å². The van der Waals surface area contributed by atoms with Gasteiger partial charge in [0.25, 0.3) is 0 Å². The molecule has 0 aromatic heterocycles. The minimum Gasteiger partial charge on any atom is -0.504 e. The fraction of sp³-hybridized carbons (Fsp3) is 0.286. The van der Waals surface area contributed by atoms with Crippen molar-refractivity contribution in [3.8, 4) is 11.5 Å². The third kappa shape index (κ3) is 5.08. The lowest BCUT2D eigenvalue weighted by Crippen LogP contribution is -2.37. The number of rotatable bonds is 7. The summed E-state index contributed by atoms with van der Waals surface area (Å²) in [5.74, 6) is -2.26. The molecule has 0 aliphatic heterocycles. The monoisotopic (exact) mass is 312 g/mol. The number of methoxy groups -OCH3 is 1. The van der Waals surface area contributed by atoms with Gasteiger partial charge >= 0.3 is 11.9 Å². The van der Waals surface area contributed by atoms with Crippen LogP contribution in [0.5, 0.6) is 11.5 Å². The van der Waals surface area contributed by atoms with Crippen LogP contribution >= 0.6 is 0 Å². The van der Waals surface area contributed by atoms with E-state index in [1.807, 2.05) is 0 Å². The van der Waals surface area contributed by atoms with Gasteiger partial charge in [0, 0.05) is 6.08 Å². The number of carbonyl (C=O) groups excluding carboxylic acids is 1. The van der Waals surface area contributed by atoms with Crippen molar-refractivity contribution < 1.29 is 39.5 Å². The SMILES string of the molecule is COc1cc(/C=C/C(=O)OC[C@H](O)[C@@H](O)C(=O)O)ccc1O. The van der Waals surface area contributed by atoms with Gasteiger partial charge in [-0.3, -0.25) is 0 Å². The highest BCUT2D eigenvalue weighted by Gasteiger charge is 2.24. The second kappa shape index (κ2) is 8.01. The van der Waals surface area contributed by atoms with Gasteiger partial charge in [0.1, 0.15) is 12.7 Å². The fourth-order valence-corrected chi connectivity index (χ4v) is 1.43. The van der Waals surface area contributed by atoms with E-state index in [4.69, 9.17) is 14.9 Å². The summed E-state index contributed by atoms with van der Waals surface area (Å²) in [4.78, 5) is 21.8. The molecule has 0 aliphatic carbocycles. The molecular weight excluding hydrogens is 296 g/mol. The molecular formula is C14H16O8. The Hall–Kier alpha value is -2.58. The molecule has 1 rings (SSSR count). The Morgan fingerprint density at radius 3 is 2.59 bits per heavy atom. The molecule has 22 heavy (non-hydrogen) atoms. The minimum absolute atomic E-state index is 0.0481. The average molecular weight is 312 g/mol.